The highest BCUT2D eigenvalue weighted by atomic mass is 16.5. The van der Waals surface area contributed by atoms with Crippen LogP contribution in [0.4, 0.5) is 0 Å². The molecule has 1 spiro atoms. The van der Waals surface area contributed by atoms with Crippen molar-refractivity contribution in [3.8, 4) is 5.88 Å². The predicted octanol–water partition coefficient (Wildman–Crippen LogP) is 0.603. The summed E-state index contributed by atoms with van der Waals surface area (Å²) >= 11 is 0. The van der Waals surface area contributed by atoms with Gasteiger partial charge in [-0.05, 0) is 36.3 Å². The molecule has 3 N–H and O–H groups in total. The zero-order valence-corrected chi connectivity index (χ0v) is 12.2. The van der Waals surface area contributed by atoms with Gasteiger partial charge in [0, 0.05) is 24.3 Å². The van der Waals surface area contributed by atoms with Crippen molar-refractivity contribution in [3.63, 3.8) is 0 Å². The lowest BCUT2D eigenvalue weighted by Crippen LogP contribution is -2.48. The molecule has 1 aromatic rings. The Bertz CT molecular complexity index is 511. The van der Waals surface area contributed by atoms with E-state index >= 15 is 0 Å². The topological polar surface area (TPSA) is 86.5 Å². The van der Waals surface area contributed by atoms with Gasteiger partial charge in [0.2, 0.25) is 11.8 Å². The Kier molecular flexibility index (Phi) is 3.82. The number of amides is 1. The van der Waals surface area contributed by atoms with E-state index in [9.17, 15) is 4.79 Å². The lowest BCUT2D eigenvalue weighted by atomic mass is 9.76. The van der Waals surface area contributed by atoms with Gasteiger partial charge >= 0.3 is 0 Å². The van der Waals surface area contributed by atoms with Crippen LogP contribution in [-0.2, 0) is 16.1 Å². The Labute approximate surface area is 124 Å². The van der Waals surface area contributed by atoms with Crippen LogP contribution in [-0.4, -0.2) is 36.7 Å². The molecule has 2 aliphatic rings. The molecule has 0 aliphatic heterocycles. The van der Waals surface area contributed by atoms with Crippen molar-refractivity contribution in [1.29, 1.82) is 0 Å². The third-order valence-corrected chi connectivity index (χ3v) is 4.43. The molecule has 1 aromatic heterocycles. The second kappa shape index (κ2) is 5.61. The van der Waals surface area contributed by atoms with Crippen LogP contribution in [0.15, 0.2) is 18.3 Å². The van der Waals surface area contributed by atoms with Crippen LogP contribution >= 0.6 is 0 Å². The van der Waals surface area contributed by atoms with Gasteiger partial charge in [-0.1, -0.05) is 0 Å². The van der Waals surface area contributed by atoms with Crippen molar-refractivity contribution in [2.75, 3.05) is 13.7 Å². The average molecular weight is 291 g/mol. The zero-order chi connectivity index (χ0) is 14.9. The molecule has 6 heteroatoms. The lowest BCUT2D eigenvalue weighted by Gasteiger charge is -2.36. The second-order valence-electron chi connectivity index (χ2n) is 6.05. The van der Waals surface area contributed by atoms with Crippen molar-refractivity contribution in [2.45, 2.75) is 38.0 Å². The fourth-order valence-electron chi connectivity index (χ4n) is 3.02. The summed E-state index contributed by atoms with van der Waals surface area (Å²) in [6.45, 7) is 0.436. The summed E-state index contributed by atoms with van der Waals surface area (Å²) in [5.74, 6) is 0.499. The van der Waals surface area contributed by atoms with E-state index in [4.69, 9.17) is 15.2 Å². The Morgan fingerprint density at radius 3 is 2.81 bits per heavy atom. The smallest absolute Gasteiger partial charge is 0.246 e. The molecule has 2 fully saturated rings. The van der Waals surface area contributed by atoms with Crippen molar-refractivity contribution < 1.29 is 14.3 Å². The third-order valence-electron chi connectivity index (χ3n) is 4.43. The Morgan fingerprint density at radius 2 is 2.24 bits per heavy atom. The van der Waals surface area contributed by atoms with Crippen molar-refractivity contribution in [1.82, 2.24) is 10.3 Å². The largest absolute Gasteiger partial charge is 0.481 e. The predicted molar refractivity (Wildman–Crippen MR) is 76.6 cm³/mol. The van der Waals surface area contributed by atoms with Gasteiger partial charge in [-0.25, -0.2) is 4.98 Å². The van der Waals surface area contributed by atoms with Gasteiger partial charge in [0.05, 0.1) is 13.7 Å². The van der Waals surface area contributed by atoms with E-state index in [1.54, 1.807) is 19.4 Å². The minimum absolute atomic E-state index is 0.0643. The van der Waals surface area contributed by atoms with Gasteiger partial charge < -0.3 is 20.5 Å². The van der Waals surface area contributed by atoms with Gasteiger partial charge in [0.1, 0.15) is 6.61 Å². The van der Waals surface area contributed by atoms with E-state index < -0.39 is 0 Å². The van der Waals surface area contributed by atoms with Gasteiger partial charge in [-0.3, -0.25) is 4.79 Å². The highest BCUT2D eigenvalue weighted by molar-refractivity contribution is 5.77. The Morgan fingerprint density at radius 1 is 1.48 bits per heavy atom. The van der Waals surface area contributed by atoms with Crippen LogP contribution in [0.2, 0.25) is 0 Å². The van der Waals surface area contributed by atoms with Crippen molar-refractivity contribution >= 4 is 5.91 Å². The number of nitrogens with one attached hydrogen (secondary N) is 1. The summed E-state index contributed by atoms with van der Waals surface area (Å²) in [6.07, 6.45) is 4.83. The zero-order valence-electron chi connectivity index (χ0n) is 12.2. The minimum Gasteiger partial charge on any atom is -0.481 e. The SMILES string of the molecule is COc1ccc(COCC(=O)NC2CC3(C2)CC3N)cn1. The first-order valence-corrected chi connectivity index (χ1v) is 7.23. The molecule has 0 bridgehead atoms. The molecular weight excluding hydrogens is 270 g/mol. The Balaban J connectivity index is 1.32. The summed E-state index contributed by atoms with van der Waals surface area (Å²) in [7, 11) is 1.57. The molecule has 6 nitrogen and oxygen atoms in total. The van der Waals surface area contributed by atoms with Gasteiger partial charge in [-0.2, -0.15) is 0 Å². The molecule has 21 heavy (non-hydrogen) atoms. The number of methoxy groups -OCH3 is 1. The highest BCUT2D eigenvalue weighted by Crippen LogP contribution is 2.59. The van der Waals surface area contributed by atoms with Crippen molar-refractivity contribution in [2.24, 2.45) is 11.1 Å². The van der Waals surface area contributed by atoms with Gasteiger partial charge in [0.25, 0.3) is 0 Å². The first-order chi connectivity index (χ1) is 10.1. The molecule has 114 valence electrons. The van der Waals surface area contributed by atoms with E-state index in [1.165, 1.54) is 0 Å². The molecule has 0 radical (unpaired) electrons. The number of hydrogen-bond acceptors (Lipinski definition) is 5. The van der Waals surface area contributed by atoms with Crippen LogP contribution < -0.4 is 15.8 Å². The molecule has 2 aliphatic carbocycles. The van der Waals surface area contributed by atoms with E-state index in [0.717, 1.165) is 24.8 Å². The number of ether oxygens (including phenoxy) is 2. The van der Waals surface area contributed by atoms with E-state index in [-0.39, 0.29) is 18.6 Å². The number of nitrogens with zero attached hydrogens (tertiary/aromatic N) is 1. The monoisotopic (exact) mass is 291 g/mol. The number of nitrogens with two attached hydrogens (primary N) is 1. The number of rotatable bonds is 6. The fourth-order valence-corrected chi connectivity index (χ4v) is 3.02. The highest BCUT2D eigenvalue weighted by Gasteiger charge is 2.60. The average Bonchev–Trinajstić information content (AvgIpc) is 3.10. The van der Waals surface area contributed by atoms with Gasteiger partial charge in [-0.15, -0.1) is 0 Å². The van der Waals surface area contributed by atoms with Crippen LogP contribution in [0, 0.1) is 5.41 Å². The molecular formula is C15H21N3O3. The van der Waals surface area contributed by atoms with Crippen LogP contribution in [0.5, 0.6) is 5.88 Å². The first-order valence-electron chi connectivity index (χ1n) is 7.23. The van der Waals surface area contributed by atoms with E-state index in [2.05, 4.69) is 10.3 Å². The molecule has 1 unspecified atom stereocenters. The van der Waals surface area contributed by atoms with Crippen LogP contribution in [0.1, 0.15) is 24.8 Å². The maximum Gasteiger partial charge on any atom is 0.246 e. The van der Waals surface area contributed by atoms with E-state index in [0.29, 0.717) is 23.9 Å². The summed E-state index contributed by atoms with van der Waals surface area (Å²) in [6, 6.07) is 4.26. The van der Waals surface area contributed by atoms with Crippen LogP contribution in [0.3, 0.4) is 0 Å². The molecule has 3 rings (SSSR count). The number of hydrogen-bond donors (Lipinski definition) is 2. The number of carbonyl (C=O) groups excluding carboxylic acids is 1. The first kappa shape index (κ1) is 14.3. The molecule has 1 heterocycles. The molecule has 1 amide bonds. The lowest BCUT2D eigenvalue weighted by molar-refractivity contribution is -0.127. The number of carbonyl (C=O) groups is 1. The molecule has 2 saturated carbocycles. The second-order valence-corrected chi connectivity index (χ2v) is 6.05. The summed E-state index contributed by atoms with van der Waals surface area (Å²) in [4.78, 5) is 15.8. The van der Waals surface area contributed by atoms with Crippen molar-refractivity contribution in [3.05, 3.63) is 23.9 Å². The quantitative estimate of drug-likeness (QED) is 0.801. The van der Waals surface area contributed by atoms with Crippen LogP contribution in [0.25, 0.3) is 0 Å². The summed E-state index contributed by atoms with van der Waals surface area (Å²) in [5, 5.41) is 2.98. The normalized spacial score (nSPS) is 29.8. The third kappa shape index (κ3) is 3.16. The fraction of sp³-hybridized carbons (Fsp3) is 0.600. The maximum atomic E-state index is 11.7. The maximum absolute atomic E-state index is 11.7. The molecule has 0 saturated heterocycles. The standard InChI is InChI=1S/C15H21N3O3/c1-20-14-3-2-10(7-17-14)8-21-9-13(19)18-11-4-15(5-11)6-12(15)16/h2-3,7,11-12H,4-6,8-9,16H2,1H3,(H,18,19). The minimum atomic E-state index is -0.0643. The number of pyridine rings is 1. The summed E-state index contributed by atoms with van der Waals surface area (Å²) in [5.41, 5.74) is 7.14. The summed E-state index contributed by atoms with van der Waals surface area (Å²) < 4.78 is 10.4. The Hall–Kier alpha value is -1.66. The molecule has 1 atom stereocenters. The molecule has 0 aromatic carbocycles. The van der Waals surface area contributed by atoms with Gasteiger partial charge in [0.15, 0.2) is 0 Å². The number of aromatic nitrogens is 1. The van der Waals surface area contributed by atoms with E-state index in [1.807, 2.05) is 6.07 Å².